The molecule has 1 aromatic heterocycles. The number of benzene rings is 3. The van der Waals surface area contributed by atoms with E-state index in [1.165, 1.54) is 40.0 Å². The van der Waals surface area contributed by atoms with Crippen LogP contribution in [0.2, 0.25) is 0 Å². The number of aromatic nitrogens is 1. The minimum Gasteiger partial charge on any atom is -0.497 e. The fourth-order valence-electron chi connectivity index (χ4n) is 4.69. The molecule has 5 heteroatoms. The third kappa shape index (κ3) is 4.74. The Morgan fingerprint density at radius 1 is 0.882 bits per heavy atom. The average molecular weight is 460 g/mol. The Labute approximate surface area is 201 Å². The summed E-state index contributed by atoms with van der Waals surface area (Å²) in [5.74, 6) is 1.10. The molecule has 0 unspecified atom stereocenters. The monoisotopic (exact) mass is 459 g/mol. The lowest BCUT2D eigenvalue weighted by molar-refractivity contribution is 0.0596. The first kappa shape index (κ1) is 23.7. The topological polar surface area (TPSA) is 49.7 Å². The van der Waals surface area contributed by atoms with Crippen LogP contribution in [0.4, 0.5) is 0 Å². The normalized spacial score (nSPS) is 11.2. The summed E-state index contributed by atoms with van der Waals surface area (Å²) < 4.78 is 18.7. The molecule has 3 aromatic carbocycles. The lowest BCUT2D eigenvalue weighted by Crippen LogP contribution is -2.06. The van der Waals surface area contributed by atoms with Gasteiger partial charge >= 0.3 is 5.97 Å². The number of methoxy groups -OCH3 is 2. The van der Waals surface area contributed by atoms with Crippen LogP contribution in [-0.4, -0.2) is 31.4 Å². The maximum Gasteiger partial charge on any atom is 0.341 e. The standard InChI is InChI=1S/C29H33NO4/c1-20-13-14-21(2)28-27(20)24-19-22(32-3)15-16-25(24)30(28)17-9-5-6-10-18-34-26-12-8-7-11-23(26)29(31)33-4/h7-8,11-16,19H,5-6,9-10,17-18H2,1-4H3. The van der Waals surface area contributed by atoms with Gasteiger partial charge in [0.2, 0.25) is 0 Å². The van der Waals surface area contributed by atoms with Crippen molar-refractivity contribution in [1.82, 2.24) is 4.57 Å². The first-order valence-corrected chi connectivity index (χ1v) is 11.9. The van der Waals surface area contributed by atoms with Crippen molar-refractivity contribution in [1.29, 1.82) is 0 Å². The molecule has 0 saturated carbocycles. The molecular weight excluding hydrogens is 426 g/mol. The van der Waals surface area contributed by atoms with Crippen molar-refractivity contribution in [3.63, 3.8) is 0 Å². The zero-order valence-corrected chi connectivity index (χ0v) is 20.5. The van der Waals surface area contributed by atoms with Gasteiger partial charge in [-0.05, 0) is 68.1 Å². The van der Waals surface area contributed by atoms with Gasteiger partial charge < -0.3 is 18.8 Å². The first-order valence-electron chi connectivity index (χ1n) is 11.9. The number of para-hydroxylation sites is 1. The summed E-state index contributed by atoms with van der Waals surface area (Å²) in [7, 11) is 3.10. The highest BCUT2D eigenvalue weighted by Gasteiger charge is 2.15. The van der Waals surface area contributed by atoms with Gasteiger partial charge in [0.05, 0.1) is 26.3 Å². The molecule has 0 atom stereocenters. The van der Waals surface area contributed by atoms with E-state index >= 15 is 0 Å². The fraction of sp³-hybridized carbons (Fsp3) is 0.345. The van der Waals surface area contributed by atoms with Crippen LogP contribution in [0.25, 0.3) is 21.8 Å². The molecular formula is C29H33NO4. The molecule has 4 rings (SSSR count). The molecule has 0 amide bonds. The van der Waals surface area contributed by atoms with Crippen molar-refractivity contribution in [2.24, 2.45) is 0 Å². The lowest BCUT2D eigenvalue weighted by atomic mass is 10.0. The van der Waals surface area contributed by atoms with E-state index in [1.54, 1.807) is 13.2 Å². The number of hydrogen-bond donors (Lipinski definition) is 0. The van der Waals surface area contributed by atoms with E-state index in [4.69, 9.17) is 14.2 Å². The second-order valence-corrected chi connectivity index (χ2v) is 8.71. The van der Waals surface area contributed by atoms with Gasteiger partial charge in [0, 0.05) is 22.8 Å². The highest BCUT2D eigenvalue weighted by Crippen LogP contribution is 2.35. The predicted molar refractivity (Wildman–Crippen MR) is 137 cm³/mol. The van der Waals surface area contributed by atoms with Crippen molar-refractivity contribution in [3.05, 3.63) is 71.3 Å². The van der Waals surface area contributed by atoms with Gasteiger partial charge in [0.1, 0.15) is 17.1 Å². The summed E-state index contributed by atoms with van der Waals surface area (Å²) >= 11 is 0. The molecule has 178 valence electrons. The second kappa shape index (κ2) is 10.6. The zero-order chi connectivity index (χ0) is 24.1. The Balaban J connectivity index is 1.38. The van der Waals surface area contributed by atoms with Crippen LogP contribution in [0.15, 0.2) is 54.6 Å². The van der Waals surface area contributed by atoms with Crippen molar-refractivity contribution in [2.75, 3.05) is 20.8 Å². The van der Waals surface area contributed by atoms with Crippen LogP contribution >= 0.6 is 0 Å². The van der Waals surface area contributed by atoms with Crippen molar-refractivity contribution in [3.8, 4) is 11.5 Å². The minimum absolute atomic E-state index is 0.370. The van der Waals surface area contributed by atoms with Crippen molar-refractivity contribution in [2.45, 2.75) is 46.1 Å². The highest BCUT2D eigenvalue weighted by atomic mass is 16.5. The van der Waals surface area contributed by atoms with Gasteiger partial charge in [-0.1, -0.05) is 37.1 Å². The quantitative estimate of drug-likeness (QED) is 0.192. The summed E-state index contributed by atoms with van der Waals surface area (Å²) in [6.45, 7) is 5.94. The van der Waals surface area contributed by atoms with E-state index in [-0.39, 0.29) is 5.97 Å². The van der Waals surface area contributed by atoms with Gasteiger partial charge in [-0.2, -0.15) is 0 Å². The Bertz CT molecular complexity index is 1300. The van der Waals surface area contributed by atoms with E-state index in [1.807, 2.05) is 24.3 Å². The lowest BCUT2D eigenvalue weighted by Gasteiger charge is -2.11. The van der Waals surface area contributed by atoms with E-state index in [2.05, 4.69) is 42.7 Å². The Morgan fingerprint density at radius 2 is 1.65 bits per heavy atom. The largest absolute Gasteiger partial charge is 0.497 e. The first-order chi connectivity index (χ1) is 16.5. The predicted octanol–water partition coefficient (Wildman–Crippen LogP) is 6.85. The molecule has 0 radical (unpaired) electrons. The number of carbonyl (C=O) groups is 1. The van der Waals surface area contributed by atoms with E-state index in [0.29, 0.717) is 17.9 Å². The number of rotatable bonds is 10. The summed E-state index contributed by atoms with van der Waals surface area (Å²) in [6, 6.07) is 18.0. The van der Waals surface area contributed by atoms with Gasteiger partial charge in [0.15, 0.2) is 0 Å². The van der Waals surface area contributed by atoms with E-state index in [0.717, 1.165) is 38.0 Å². The molecule has 1 heterocycles. The minimum atomic E-state index is -0.370. The number of hydrogen-bond acceptors (Lipinski definition) is 4. The molecule has 0 aliphatic heterocycles. The van der Waals surface area contributed by atoms with Gasteiger partial charge in [0.25, 0.3) is 0 Å². The third-order valence-corrected chi connectivity index (χ3v) is 6.45. The molecule has 0 saturated heterocycles. The number of nitrogens with zero attached hydrogens (tertiary/aromatic N) is 1. The fourth-order valence-corrected chi connectivity index (χ4v) is 4.69. The number of unbranched alkanes of at least 4 members (excludes halogenated alkanes) is 3. The maximum absolute atomic E-state index is 11.9. The summed E-state index contributed by atoms with van der Waals surface area (Å²) in [4.78, 5) is 11.9. The van der Waals surface area contributed by atoms with Crippen LogP contribution in [0.1, 0.15) is 47.2 Å². The molecule has 0 aliphatic carbocycles. The smallest absolute Gasteiger partial charge is 0.341 e. The summed E-state index contributed by atoms with van der Waals surface area (Å²) in [6.07, 6.45) is 4.22. The molecule has 0 fully saturated rings. The Kier molecular flexibility index (Phi) is 7.41. The number of fused-ring (bicyclic) bond motifs is 3. The number of carbonyl (C=O) groups excluding carboxylic acids is 1. The highest BCUT2D eigenvalue weighted by molar-refractivity contribution is 6.11. The van der Waals surface area contributed by atoms with E-state index in [9.17, 15) is 4.79 Å². The van der Waals surface area contributed by atoms with E-state index < -0.39 is 0 Å². The summed E-state index contributed by atoms with van der Waals surface area (Å²) in [5, 5.41) is 2.58. The Morgan fingerprint density at radius 3 is 2.44 bits per heavy atom. The van der Waals surface area contributed by atoms with Gasteiger partial charge in [-0.15, -0.1) is 0 Å². The molecule has 34 heavy (non-hydrogen) atoms. The van der Waals surface area contributed by atoms with Crippen LogP contribution in [0, 0.1) is 13.8 Å². The molecule has 0 bridgehead atoms. The van der Waals surface area contributed by atoms with Crippen molar-refractivity contribution < 1.29 is 19.0 Å². The third-order valence-electron chi connectivity index (χ3n) is 6.45. The second-order valence-electron chi connectivity index (χ2n) is 8.71. The van der Waals surface area contributed by atoms with Crippen LogP contribution in [0.5, 0.6) is 11.5 Å². The van der Waals surface area contributed by atoms with Crippen molar-refractivity contribution >= 4 is 27.8 Å². The molecule has 0 N–H and O–H groups in total. The average Bonchev–Trinajstić information content (AvgIpc) is 3.20. The van der Waals surface area contributed by atoms with Gasteiger partial charge in [-0.25, -0.2) is 4.79 Å². The molecule has 0 aliphatic rings. The zero-order valence-electron chi connectivity index (χ0n) is 20.5. The SMILES string of the molecule is COC(=O)c1ccccc1OCCCCCCn1c2ccc(OC)cc2c2c(C)ccc(C)c21. The van der Waals surface area contributed by atoms with Crippen LogP contribution in [-0.2, 0) is 11.3 Å². The molecule has 5 nitrogen and oxygen atoms in total. The number of esters is 1. The summed E-state index contributed by atoms with van der Waals surface area (Å²) in [5.41, 5.74) is 5.65. The Hall–Kier alpha value is -3.47. The number of ether oxygens (including phenoxy) is 3. The van der Waals surface area contributed by atoms with Crippen LogP contribution < -0.4 is 9.47 Å². The molecule has 4 aromatic rings. The van der Waals surface area contributed by atoms with Gasteiger partial charge in [-0.3, -0.25) is 0 Å². The maximum atomic E-state index is 11.9. The van der Waals surface area contributed by atoms with Crippen LogP contribution in [0.3, 0.4) is 0 Å². The molecule has 0 spiro atoms. The number of aryl methyl sites for hydroxylation is 3.